The Morgan fingerprint density at radius 1 is 0.920 bits per heavy atom. The monoisotopic (exact) mass is 335 g/mol. The quantitative estimate of drug-likeness (QED) is 0.768. The lowest BCUT2D eigenvalue weighted by atomic mass is 10.0. The third-order valence-electron chi connectivity index (χ3n) is 6.27. The van der Waals surface area contributed by atoms with Crippen LogP contribution < -0.4 is 4.74 Å². The highest BCUT2D eigenvalue weighted by Gasteiger charge is 2.56. The second-order valence-corrected chi connectivity index (χ2v) is 8.17. The molecule has 132 valence electrons. The molecule has 1 aliphatic heterocycles. The molecule has 0 N–H and O–H groups in total. The van der Waals surface area contributed by atoms with Gasteiger partial charge in [-0.15, -0.1) is 0 Å². The summed E-state index contributed by atoms with van der Waals surface area (Å²) >= 11 is 0. The van der Waals surface area contributed by atoms with Crippen LogP contribution in [0.25, 0.3) is 11.1 Å². The van der Waals surface area contributed by atoms with E-state index < -0.39 is 0 Å². The molecule has 2 atom stereocenters. The Kier molecular flexibility index (Phi) is 4.33. The number of nitrogens with zero attached hydrogens (tertiary/aromatic N) is 1. The topological polar surface area (TPSA) is 12.5 Å². The fraction of sp³-hybridized carbons (Fsp3) is 0.478. The van der Waals surface area contributed by atoms with Crippen LogP contribution in [-0.2, 0) is 0 Å². The van der Waals surface area contributed by atoms with Gasteiger partial charge in [0.1, 0.15) is 5.75 Å². The van der Waals surface area contributed by atoms with Crippen LogP contribution in [0.1, 0.15) is 25.0 Å². The van der Waals surface area contributed by atoms with Gasteiger partial charge in [-0.1, -0.05) is 30.3 Å². The van der Waals surface area contributed by atoms with Gasteiger partial charge < -0.3 is 9.64 Å². The van der Waals surface area contributed by atoms with Gasteiger partial charge in [-0.2, -0.15) is 0 Å². The zero-order valence-electron chi connectivity index (χ0n) is 15.8. The molecule has 2 unspecified atom stereocenters. The fourth-order valence-corrected chi connectivity index (χ4v) is 4.21. The van der Waals surface area contributed by atoms with E-state index in [0.29, 0.717) is 6.04 Å². The molecule has 0 aromatic heterocycles. The lowest BCUT2D eigenvalue weighted by molar-refractivity contribution is 0.206. The molecule has 2 fully saturated rings. The highest BCUT2D eigenvalue weighted by Crippen LogP contribution is 2.52. The summed E-state index contributed by atoms with van der Waals surface area (Å²) in [6.45, 7) is 12.3. The van der Waals surface area contributed by atoms with Crippen molar-refractivity contribution in [2.24, 2.45) is 17.8 Å². The van der Waals surface area contributed by atoms with Gasteiger partial charge in [0.2, 0.25) is 0 Å². The first-order valence-corrected chi connectivity index (χ1v) is 9.57. The molecule has 2 aromatic carbocycles. The third kappa shape index (κ3) is 3.32. The van der Waals surface area contributed by atoms with Gasteiger partial charge in [-0.3, -0.25) is 0 Å². The molecule has 1 saturated carbocycles. The Bertz CT molecular complexity index is 737. The second kappa shape index (κ2) is 6.49. The first-order valence-electron chi connectivity index (χ1n) is 9.57. The average molecular weight is 335 g/mol. The summed E-state index contributed by atoms with van der Waals surface area (Å²) in [5.74, 6) is 3.52. The smallest absolute Gasteiger partial charge is 0.119 e. The van der Waals surface area contributed by atoms with Gasteiger partial charge in [0.05, 0.1) is 6.61 Å². The molecule has 1 saturated heterocycles. The van der Waals surface area contributed by atoms with Gasteiger partial charge in [0.15, 0.2) is 0 Å². The number of hydrogen-bond donors (Lipinski definition) is 0. The lowest BCUT2D eigenvalue weighted by Gasteiger charge is -2.23. The number of benzene rings is 2. The Morgan fingerprint density at radius 2 is 1.56 bits per heavy atom. The van der Waals surface area contributed by atoms with Crippen LogP contribution >= 0.6 is 0 Å². The van der Waals surface area contributed by atoms with Crippen molar-refractivity contribution in [3.05, 3.63) is 53.6 Å². The molecule has 4 rings (SSSR count). The molecule has 2 aliphatic rings. The van der Waals surface area contributed by atoms with Crippen LogP contribution in [0.4, 0.5) is 0 Å². The van der Waals surface area contributed by atoms with Gasteiger partial charge in [0.25, 0.3) is 0 Å². The fourth-order valence-electron chi connectivity index (χ4n) is 4.21. The number of piperidine rings is 1. The highest BCUT2D eigenvalue weighted by molar-refractivity contribution is 5.65. The molecular formula is C23H29NO. The lowest BCUT2D eigenvalue weighted by Crippen LogP contribution is -2.31. The maximum Gasteiger partial charge on any atom is 0.119 e. The van der Waals surface area contributed by atoms with Crippen molar-refractivity contribution in [1.29, 1.82) is 0 Å². The summed E-state index contributed by atoms with van der Waals surface area (Å²) in [5, 5.41) is 0. The summed E-state index contributed by atoms with van der Waals surface area (Å²) in [6.07, 6.45) is 0. The second-order valence-electron chi connectivity index (χ2n) is 8.17. The number of likely N-dealkylation sites (tertiary alicyclic amines) is 1. The molecule has 0 bridgehead atoms. The predicted octanol–water partition coefficient (Wildman–Crippen LogP) is 4.94. The van der Waals surface area contributed by atoms with Crippen molar-refractivity contribution in [1.82, 2.24) is 4.90 Å². The zero-order chi connectivity index (χ0) is 17.6. The van der Waals surface area contributed by atoms with Crippen LogP contribution in [0.5, 0.6) is 5.75 Å². The molecule has 2 nitrogen and oxygen atoms in total. The van der Waals surface area contributed by atoms with Crippen LogP contribution in [-0.4, -0.2) is 30.6 Å². The van der Waals surface area contributed by atoms with E-state index in [9.17, 15) is 0 Å². The predicted molar refractivity (Wildman–Crippen MR) is 104 cm³/mol. The molecule has 2 aromatic rings. The van der Waals surface area contributed by atoms with Crippen LogP contribution in [0, 0.1) is 31.6 Å². The number of rotatable bonds is 5. The molecule has 1 heterocycles. The SMILES string of the molecule is Cc1ccc(-c2ccc(OCC3C4CN(C(C)C)CC34)cc2)cc1C. The molecule has 2 heteroatoms. The summed E-state index contributed by atoms with van der Waals surface area (Å²) < 4.78 is 6.08. The minimum atomic E-state index is 0.687. The van der Waals surface area contributed by atoms with E-state index in [0.717, 1.165) is 30.1 Å². The first-order chi connectivity index (χ1) is 12.0. The minimum absolute atomic E-state index is 0.687. The van der Waals surface area contributed by atoms with Gasteiger partial charge in [-0.05, 0) is 73.9 Å². The van der Waals surface area contributed by atoms with Crippen molar-refractivity contribution >= 4 is 0 Å². The van der Waals surface area contributed by atoms with Crippen LogP contribution in [0.2, 0.25) is 0 Å². The van der Waals surface area contributed by atoms with Crippen molar-refractivity contribution in [3.63, 3.8) is 0 Å². The number of aryl methyl sites for hydroxylation is 2. The number of fused-ring (bicyclic) bond motifs is 1. The Morgan fingerprint density at radius 3 is 2.16 bits per heavy atom. The molecule has 1 aliphatic carbocycles. The summed E-state index contributed by atoms with van der Waals surface area (Å²) in [7, 11) is 0. The van der Waals surface area contributed by atoms with E-state index in [1.165, 1.54) is 35.3 Å². The maximum atomic E-state index is 6.08. The van der Waals surface area contributed by atoms with E-state index >= 15 is 0 Å². The van der Waals surface area contributed by atoms with Crippen molar-refractivity contribution in [2.75, 3.05) is 19.7 Å². The van der Waals surface area contributed by atoms with Crippen molar-refractivity contribution in [2.45, 2.75) is 33.7 Å². The third-order valence-corrected chi connectivity index (χ3v) is 6.27. The molecule has 25 heavy (non-hydrogen) atoms. The van der Waals surface area contributed by atoms with Gasteiger partial charge in [0, 0.05) is 25.0 Å². The van der Waals surface area contributed by atoms with Crippen molar-refractivity contribution in [3.8, 4) is 16.9 Å². The van der Waals surface area contributed by atoms with Crippen LogP contribution in [0.15, 0.2) is 42.5 Å². The number of hydrogen-bond acceptors (Lipinski definition) is 2. The summed E-state index contributed by atoms with van der Waals surface area (Å²) in [6, 6.07) is 15.9. The largest absolute Gasteiger partial charge is 0.493 e. The Hall–Kier alpha value is -1.80. The molecular weight excluding hydrogens is 306 g/mol. The molecule has 0 amide bonds. The first kappa shape index (κ1) is 16.7. The maximum absolute atomic E-state index is 6.08. The van der Waals surface area contributed by atoms with Gasteiger partial charge >= 0.3 is 0 Å². The normalized spacial score (nSPS) is 25.2. The highest BCUT2D eigenvalue weighted by atomic mass is 16.5. The summed E-state index contributed by atoms with van der Waals surface area (Å²) in [4.78, 5) is 2.60. The minimum Gasteiger partial charge on any atom is -0.493 e. The average Bonchev–Trinajstić information content (AvgIpc) is 3.05. The van der Waals surface area contributed by atoms with E-state index in [4.69, 9.17) is 4.74 Å². The van der Waals surface area contributed by atoms with Crippen LogP contribution in [0.3, 0.4) is 0 Å². The van der Waals surface area contributed by atoms with Gasteiger partial charge in [-0.25, -0.2) is 0 Å². The number of ether oxygens (including phenoxy) is 1. The van der Waals surface area contributed by atoms with E-state index in [1.807, 2.05) is 0 Å². The molecule has 0 spiro atoms. The Labute approximate surface area is 151 Å². The van der Waals surface area contributed by atoms with E-state index in [2.05, 4.69) is 75.1 Å². The summed E-state index contributed by atoms with van der Waals surface area (Å²) in [5.41, 5.74) is 5.22. The van der Waals surface area contributed by atoms with Crippen molar-refractivity contribution < 1.29 is 4.74 Å². The standard InChI is InChI=1S/C23H29NO/c1-15(2)24-12-21-22(13-24)23(21)14-25-20-9-7-18(8-10-20)19-6-5-16(3)17(4)11-19/h5-11,15,21-23H,12-14H2,1-4H3. The zero-order valence-corrected chi connectivity index (χ0v) is 15.8. The Balaban J connectivity index is 1.32. The molecule has 0 radical (unpaired) electrons. The van der Waals surface area contributed by atoms with E-state index in [1.54, 1.807) is 0 Å². The van der Waals surface area contributed by atoms with E-state index in [-0.39, 0.29) is 0 Å².